The van der Waals surface area contributed by atoms with Crippen LogP contribution in [-0.2, 0) is 0 Å². The van der Waals surface area contributed by atoms with E-state index in [1.54, 1.807) is 25.7 Å². The molecule has 0 amide bonds. The molecule has 6 bridgehead atoms. The maximum absolute atomic E-state index is 2.62. The summed E-state index contributed by atoms with van der Waals surface area (Å²) in [7, 11) is 0. The van der Waals surface area contributed by atoms with E-state index in [0.29, 0.717) is 0 Å². The highest BCUT2D eigenvalue weighted by Gasteiger charge is 2.70. The first-order valence-electron chi connectivity index (χ1n) is 9.05. The molecule has 19 heavy (non-hydrogen) atoms. The zero-order valence-corrected chi connectivity index (χ0v) is 12.0. The first-order valence-corrected chi connectivity index (χ1v) is 9.05. The molecular formula is C19H26. The van der Waals surface area contributed by atoms with Crippen LogP contribution in [0.25, 0.3) is 0 Å². The van der Waals surface area contributed by atoms with E-state index >= 15 is 0 Å². The van der Waals surface area contributed by atoms with Crippen molar-refractivity contribution in [2.75, 3.05) is 0 Å². The SMILES string of the molecule is CCC1CC2CC1C1C3CC(C4C5C=CC(C5)C34)C21. The Hall–Kier alpha value is -0.260. The summed E-state index contributed by atoms with van der Waals surface area (Å²) in [5, 5.41) is 0. The minimum absolute atomic E-state index is 1.02. The van der Waals surface area contributed by atoms with Gasteiger partial charge in [0, 0.05) is 0 Å². The van der Waals surface area contributed by atoms with Crippen molar-refractivity contribution in [2.24, 2.45) is 65.1 Å². The summed E-state index contributed by atoms with van der Waals surface area (Å²) in [6, 6.07) is 0. The summed E-state index contributed by atoms with van der Waals surface area (Å²) in [5.74, 6) is 12.5. The third kappa shape index (κ3) is 0.987. The summed E-state index contributed by atoms with van der Waals surface area (Å²) in [6.07, 6.45) is 13.2. The van der Waals surface area contributed by atoms with Crippen molar-refractivity contribution < 1.29 is 0 Å². The fourth-order valence-corrected chi connectivity index (χ4v) is 8.86. The van der Waals surface area contributed by atoms with Gasteiger partial charge in [0.1, 0.15) is 0 Å². The topological polar surface area (TPSA) is 0 Å². The third-order valence-corrected chi connectivity index (χ3v) is 8.90. The van der Waals surface area contributed by atoms with Gasteiger partial charge in [-0.1, -0.05) is 25.5 Å². The average Bonchev–Trinajstić information content (AvgIpc) is 3.20. The lowest BCUT2D eigenvalue weighted by molar-refractivity contribution is 0.0286. The van der Waals surface area contributed by atoms with Crippen LogP contribution in [0.3, 0.4) is 0 Å². The lowest BCUT2D eigenvalue weighted by Crippen LogP contribution is -2.41. The van der Waals surface area contributed by atoms with Crippen LogP contribution in [0.4, 0.5) is 0 Å². The summed E-state index contributed by atoms with van der Waals surface area (Å²) in [4.78, 5) is 0. The number of fused-ring (bicyclic) bond motifs is 16. The standard InChI is InChI=1S/C19H26/c1-2-9-5-12-7-13(9)19-15-8-14(18(12)19)16-10-3-4-11(6-10)17(15)16/h3-4,9-19H,2,5-8H2,1H3. The van der Waals surface area contributed by atoms with Crippen LogP contribution in [0.15, 0.2) is 12.2 Å². The Morgan fingerprint density at radius 3 is 2.21 bits per heavy atom. The molecule has 6 aliphatic carbocycles. The van der Waals surface area contributed by atoms with Crippen molar-refractivity contribution in [3.63, 3.8) is 0 Å². The van der Waals surface area contributed by atoms with E-state index in [0.717, 1.165) is 29.6 Å². The lowest BCUT2D eigenvalue weighted by atomic mass is 9.59. The Balaban J connectivity index is 1.42. The highest BCUT2D eigenvalue weighted by Crippen LogP contribution is 2.76. The van der Waals surface area contributed by atoms with Gasteiger partial charge in [-0.05, 0) is 90.8 Å². The minimum atomic E-state index is 1.02. The van der Waals surface area contributed by atoms with Gasteiger partial charge in [-0.15, -0.1) is 0 Å². The van der Waals surface area contributed by atoms with E-state index < -0.39 is 0 Å². The predicted molar refractivity (Wildman–Crippen MR) is 76.3 cm³/mol. The first kappa shape index (κ1) is 10.5. The van der Waals surface area contributed by atoms with Gasteiger partial charge in [0.15, 0.2) is 0 Å². The molecule has 5 fully saturated rings. The zero-order valence-electron chi connectivity index (χ0n) is 12.0. The second-order valence-corrected chi connectivity index (χ2v) is 8.88. The monoisotopic (exact) mass is 254 g/mol. The molecule has 0 heteroatoms. The smallest absolute Gasteiger partial charge is 0.0194 e. The number of rotatable bonds is 1. The molecule has 11 unspecified atom stereocenters. The van der Waals surface area contributed by atoms with Crippen molar-refractivity contribution in [3.8, 4) is 0 Å². The molecule has 0 nitrogen and oxygen atoms in total. The molecule has 6 rings (SSSR count). The molecule has 0 aromatic heterocycles. The van der Waals surface area contributed by atoms with Crippen LogP contribution < -0.4 is 0 Å². The highest BCUT2D eigenvalue weighted by atomic mass is 14.7. The van der Waals surface area contributed by atoms with E-state index in [2.05, 4.69) is 19.1 Å². The van der Waals surface area contributed by atoms with Crippen LogP contribution in [-0.4, -0.2) is 0 Å². The van der Waals surface area contributed by atoms with Crippen molar-refractivity contribution in [1.82, 2.24) is 0 Å². The van der Waals surface area contributed by atoms with Crippen molar-refractivity contribution in [2.45, 2.75) is 39.0 Å². The maximum Gasteiger partial charge on any atom is -0.0194 e. The molecule has 0 aliphatic heterocycles. The van der Waals surface area contributed by atoms with Gasteiger partial charge in [0.2, 0.25) is 0 Å². The molecule has 5 saturated carbocycles. The van der Waals surface area contributed by atoms with Gasteiger partial charge < -0.3 is 0 Å². The molecule has 102 valence electrons. The van der Waals surface area contributed by atoms with Crippen LogP contribution in [0.1, 0.15) is 39.0 Å². The molecule has 0 spiro atoms. The largest absolute Gasteiger partial charge is 0.0848 e. The summed E-state index contributed by atoms with van der Waals surface area (Å²) >= 11 is 0. The molecule has 0 radical (unpaired) electrons. The second-order valence-electron chi connectivity index (χ2n) is 8.88. The Morgan fingerprint density at radius 1 is 0.737 bits per heavy atom. The number of hydrogen-bond donors (Lipinski definition) is 0. The molecule has 11 atom stereocenters. The van der Waals surface area contributed by atoms with Crippen LogP contribution in [0.5, 0.6) is 0 Å². The van der Waals surface area contributed by atoms with Crippen molar-refractivity contribution in [3.05, 3.63) is 12.2 Å². The first-order chi connectivity index (χ1) is 9.36. The normalized spacial score (nSPS) is 70.1. The predicted octanol–water partition coefficient (Wildman–Crippen LogP) is 4.37. The Kier molecular flexibility index (Phi) is 1.73. The minimum Gasteiger partial charge on any atom is -0.0848 e. The van der Waals surface area contributed by atoms with E-state index in [1.807, 2.05) is 0 Å². The van der Waals surface area contributed by atoms with Gasteiger partial charge in [-0.25, -0.2) is 0 Å². The summed E-state index contributed by atoms with van der Waals surface area (Å²) in [6.45, 7) is 2.46. The number of hydrogen-bond acceptors (Lipinski definition) is 0. The Labute approximate surface area is 117 Å². The molecule has 0 aromatic rings. The van der Waals surface area contributed by atoms with Gasteiger partial charge in [-0.3, -0.25) is 0 Å². The van der Waals surface area contributed by atoms with E-state index in [4.69, 9.17) is 0 Å². The van der Waals surface area contributed by atoms with E-state index in [-0.39, 0.29) is 0 Å². The number of allylic oxidation sites excluding steroid dienone is 2. The van der Waals surface area contributed by atoms with E-state index in [1.165, 1.54) is 41.9 Å². The van der Waals surface area contributed by atoms with Crippen molar-refractivity contribution in [1.29, 1.82) is 0 Å². The zero-order chi connectivity index (χ0) is 12.3. The summed E-state index contributed by atoms with van der Waals surface area (Å²) in [5.41, 5.74) is 0. The maximum atomic E-state index is 2.62. The third-order valence-electron chi connectivity index (χ3n) is 8.90. The molecular weight excluding hydrogens is 228 g/mol. The molecule has 0 heterocycles. The second kappa shape index (κ2) is 3.15. The Morgan fingerprint density at radius 2 is 1.47 bits per heavy atom. The molecule has 0 aromatic carbocycles. The highest BCUT2D eigenvalue weighted by molar-refractivity contribution is 5.24. The average molecular weight is 254 g/mol. The van der Waals surface area contributed by atoms with Crippen molar-refractivity contribution >= 4 is 0 Å². The van der Waals surface area contributed by atoms with Gasteiger partial charge >= 0.3 is 0 Å². The van der Waals surface area contributed by atoms with Gasteiger partial charge in [0.25, 0.3) is 0 Å². The quantitative estimate of drug-likeness (QED) is 0.481. The van der Waals surface area contributed by atoms with Gasteiger partial charge in [0.05, 0.1) is 0 Å². The fourth-order valence-electron chi connectivity index (χ4n) is 8.86. The lowest BCUT2D eigenvalue weighted by Gasteiger charge is -2.45. The summed E-state index contributed by atoms with van der Waals surface area (Å²) < 4.78 is 0. The van der Waals surface area contributed by atoms with E-state index in [9.17, 15) is 0 Å². The fraction of sp³-hybridized carbons (Fsp3) is 0.895. The van der Waals surface area contributed by atoms with Crippen LogP contribution >= 0.6 is 0 Å². The molecule has 6 aliphatic rings. The molecule has 0 N–H and O–H groups in total. The van der Waals surface area contributed by atoms with Gasteiger partial charge in [-0.2, -0.15) is 0 Å². The molecule has 0 saturated heterocycles. The van der Waals surface area contributed by atoms with Crippen LogP contribution in [0, 0.1) is 65.1 Å². The van der Waals surface area contributed by atoms with Crippen LogP contribution in [0.2, 0.25) is 0 Å². The Bertz CT molecular complexity index is 463.